The predicted octanol–water partition coefficient (Wildman–Crippen LogP) is 3.61. The minimum atomic E-state index is -3.91. The first-order chi connectivity index (χ1) is 12.6. The molecule has 1 aromatic carbocycles. The molecule has 0 spiro atoms. The van der Waals surface area contributed by atoms with Crippen molar-refractivity contribution in [2.45, 2.75) is 23.6 Å². The van der Waals surface area contributed by atoms with Crippen molar-refractivity contribution >= 4 is 54.6 Å². The lowest BCUT2D eigenvalue weighted by Crippen LogP contribution is -2.14. The Morgan fingerprint density at radius 1 is 1.00 bits per heavy atom. The van der Waals surface area contributed by atoms with Crippen molar-refractivity contribution < 1.29 is 21.4 Å². The number of aromatic nitrogens is 1. The van der Waals surface area contributed by atoms with Gasteiger partial charge in [-0.05, 0) is 38.1 Å². The zero-order valence-electron chi connectivity index (χ0n) is 14.1. The second-order valence-corrected chi connectivity index (χ2v) is 10.0. The van der Waals surface area contributed by atoms with Crippen LogP contribution in [0.2, 0.25) is 5.02 Å². The van der Waals surface area contributed by atoms with E-state index in [0.29, 0.717) is 11.3 Å². The smallest absolute Gasteiger partial charge is 0.264 e. The summed E-state index contributed by atoms with van der Waals surface area (Å²) in [4.78, 5) is -0.101. The molecule has 0 fully saturated rings. The van der Waals surface area contributed by atoms with E-state index in [2.05, 4.69) is 14.6 Å². The number of anilines is 2. The van der Waals surface area contributed by atoms with Crippen LogP contribution in [0.3, 0.4) is 0 Å². The average Bonchev–Trinajstić information content (AvgIpc) is 3.16. The quantitative estimate of drug-likeness (QED) is 0.595. The van der Waals surface area contributed by atoms with Crippen LogP contribution in [0.4, 0.5) is 11.6 Å². The molecular formula is C15H14ClN3O5S3. The van der Waals surface area contributed by atoms with E-state index in [1.54, 1.807) is 13.8 Å². The zero-order valence-corrected chi connectivity index (χ0v) is 17.3. The number of hydrogen-bond acceptors (Lipinski definition) is 7. The Bertz CT molecular complexity index is 1180. The van der Waals surface area contributed by atoms with Crippen LogP contribution in [0.1, 0.15) is 11.3 Å². The standard InChI is InChI=1S/C15H14ClN3O5S3/c1-9-10(2)17-24-15(9)19-26(20,21)12-5-3-11(4-6-12)18-27(22,23)14-8-25-7-13(14)16/h3-8,18-19H,1-2H3. The summed E-state index contributed by atoms with van der Waals surface area (Å²) in [5.74, 6) is 0.0318. The molecule has 0 saturated carbocycles. The zero-order chi connectivity index (χ0) is 19.8. The van der Waals surface area contributed by atoms with Gasteiger partial charge in [0.2, 0.25) is 5.88 Å². The normalized spacial score (nSPS) is 12.1. The van der Waals surface area contributed by atoms with Gasteiger partial charge in [-0.15, -0.1) is 11.3 Å². The third-order valence-electron chi connectivity index (χ3n) is 3.67. The molecule has 2 aromatic heterocycles. The number of hydrogen-bond donors (Lipinski definition) is 2. The summed E-state index contributed by atoms with van der Waals surface area (Å²) >= 11 is 7.02. The van der Waals surface area contributed by atoms with Crippen LogP contribution in [-0.2, 0) is 20.0 Å². The van der Waals surface area contributed by atoms with Crippen LogP contribution in [-0.4, -0.2) is 22.0 Å². The van der Waals surface area contributed by atoms with E-state index in [1.807, 2.05) is 0 Å². The molecule has 2 heterocycles. The van der Waals surface area contributed by atoms with Crippen molar-refractivity contribution in [2.24, 2.45) is 0 Å². The Morgan fingerprint density at radius 3 is 2.19 bits per heavy atom. The molecule has 0 unspecified atom stereocenters. The monoisotopic (exact) mass is 447 g/mol. The summed E-state index contributed by atoms with van der Waals surface area (Å²) in [6, 6.07) is 5.22. The van der Waals surface area contributed by atoms with E-state index >= 15 is 0 Å². The summed E-state index contributed by atoms with van der Waals surface area (Å²) < 4.78 is 59.1. The lowest BCUT2D eigenvalue weighted by atomic mass is 10.3. The number of thiophene rings is 1. The number of nitrogens with zero attached hydrogens (tertiary/aromatic N) is 1. The molecule has 3 aromatic rings. The first-order valence-electron chi connectivity index (χ1n) is 7.40. The second-order valence-electron chi connectivity index (χ2n) is 5.54. The van der Waals surface area contributed by atoms with Gasteiger partial charge in [0.05, 0.1) is 15.6 Å². The van der Waals surface area contributed by atoms with Crippen molar-refractivity contribution in [1.29, 1.82) is 0 Å². The van der Waals surface area contributed by atoms with E-state index < -0.39 is 20.0 Å². The van der Waals surface area contributed by atoms with Crippen molar-refractivity contribution in [3.8, 4) is 0 Å². The third kappa shape index (κ3) is 4.10. The fourth-order valence-corrected chi connectivity index (χ4v) is 5.88. The molecule has 0 amide bonds. The Morgan fingerprint density at radius 2 is 1.67 bits per heavy atom. The van der Waals surface area contributed by atoms with Crippen molar-refractivity contribution in [3.05, 3.63) is 51.3 Å². The lowest BCUT2D eigenvalue weighted by molar-refractivity contribution is 0.430. The van der Waals surface area contributed by atoms with Crippen LogP contribution < -0.4 is 9.44 Å². The topological polar surface area (TPSA) is 118 Å². The Labute approximate surface area is 165 Å². The maximum absolute atomic E-state index is 12.4. The Kier molecular flexibility index (Phi) is 5.21. The molecule has 27 heavy (non-hydrogen) atoms. The van der Waals surface area contributed by atoms with E-state index in [9.17, 15) is 16.8 Å². The molecule has 8 nitrogen and oxygen atoms in total. The molecule has 0 saturated heterocycles. The van der Waals surface area contributed by atoms with Crippen molar-refractivity contribution in [3.63, 3.8) is 0 Å². The fraction of sp³-hybridized carbons (Fsp3) is 0.133. The van der Waals surface area contributed by atoms with Gasteiger partial charge in [-0.2, -0.15) is 0 Å². The molecule has 3 rings (SSSR count). The number of sulfonamides is 2. The summed E-state index contributed by atoms with van der Waals surface area (Å²) in [5, 5.41) is 6.73. The molecule has 0 atom stereocenters. The van der Waals surface area contributed by atoms with Gasteiger partial charge in [0.25, 0.3) is 20.0 Å². The first-order valence-corrected chi connectivity index (χ1v) is 11.7. The van der Waals surface area contributed by atoms with E-state index in [4.69, 9.17) is 16.1 Å². The molecule has 0 aliphatic carbocycles. The maximum Gasteiger partial charge on any atom is 0.264 e. The molecule has 0 radical (unpaired) electrons. The average molecular weight is 448 g/mol. The highest BCUT2D eigenvalue weighted by Crippen LogP contribution is 2.28. The van der Waals surface area contributed by atoms with Gasteiger partial charge in [-0.1, -0.05) is 16.8 Å². The minimum absolute atomic E-state index is 0.0318. The van der Waals surface area contributed by atoms with Gasteiger partial charge in [0, 0.05) is 22.0 Å². The van der Waals surface area contributed by atoms with Gasteiger partial charge in [-0.25, -0.2) is 21.6 Å². The molecule has 0 aliphatic heterocycles. The van der Waals surface area contributed by atoms with Crippen LogP contribution >= 0.6 is 22.9 Å². The minimum Gasteiger partial charge on any atom is -0.337 e. The molecule has 2 N–H and O–H groups in total. The molecule has 12 heteroatoms. The lowest BCUT2D eigenvalue weighted by Gasteiger charge is -2.09. The Balaban J connectivity index is 1.81. The van der Waals surface area contributed by atoms with Gasteiger partial charge in [0.1, 0.15) is 4.90 Å². The Hall–Kier alpha value is -2.08. The van der Waals surface area contributed by atoms with Crippen molar-refractivity contribution in [1.82, 2.24) is 5.16 Å². The number of aryl methyl sites for hydroxylation is 1. The van der Waals surface area contributed by atoms with Crippen molar-refractivity contribution in [2.75, 3.05) is 9.44 Å². The highest BCUT2D eigenvalue weighted by Gasteiger charge is 2.21. The van der Waals surface area contributed by atoms with Crippen LogP contribution in [0, 0.1) is 13.8 Å². The maximum atomic E-state index is 12.4. The summed E-state index contributed by atoms with van der Waals surface area (Å²) in [5.41, 5.74) is 1.35. The van der Waals surface area contributed by atoms with Gasteiger partial charge >= 0.3 is 0 Å². The molecule has 0 bridgehead atoms. The van der Waals surface area contributed by atoms with Crippen LogP contribution in [0.25, 0.3) is 0 Å². The number of halogens is 1. The van der Waals surface area contributed by atoms with Gasteiger partial charge in [0.15, 0.2) is 0 Å². The third-order valence-corrected chi connectivity index (χ3v) is 7.89. The van der Waals surface area contributed by atoms with Gasteiger partial charge in [-0.3, -0.25) is 4.72 Å². The van der Waals surface area contributed by atoms with Crippen LogP contribution in [0.15, 0.2) is 49.3 Å². The summed E-state index contributed by atoms with van der Waals surface area (Å²) in [6.07, 6.45) is 0. The largest absolute Gasteiger partial charge is 0.337 e. The second kappa shape index (κ2) is 7.15. The van der Waals surface area contributed by atoms with E-state index in [1.165, 1.54) is 35.0 Å². The number of nitrogens with one attached hydrogen (secondary N) is 2. The number of benzene rings is 1. The predicted molar refractivity (Wildman–Crippen MR) is 103 cm³/mol. The molecule has 144 valence electrons. The fourth-order valence-electron chi connectivity index (χ4n) is 2.07. The molecular weight excluding hydrogens is 434 g/mol. The molecule has 0 aliphatic rings. The van der Waals surface area contributed by atoms with Crippen LogP contribution in [0.5, 0.6) is 0 Å². The summed E-state index contributed by atoms with van der Waals surface area (Å²) in [6.45, 7) is 3.37. The highest BCUT2D eigenvalue weighted by atomic mass is 35.5. The number of rotatable bonds is 6. The summed E-state index contributed by atoms with van der Waals surface area (Å²) in [7, 11) is -7.77. The van der Waals surface area contributed by atoms with E-state index in [0.717, 1.165) is 11.3 Å². The SMILES string of the molecule is Cc1noc(NS(=O)(=O)c2ccc(NS(=O)(=O)c3cscc3Cl)cc2)c1C. The highest BCUT2D eigenvalue weighted by molar-refractivity contribution is 7.93. The van der Waals surface area contributed by atoms with Gasteiger partial charge < -0.3 is 4.52 Å². The van der Waals surface area contributed by atoms with E-state index in [-0.39, 0.29) is 26.4 Å². The first kappa shape index (κ1) is 19.7.